The van der Waals surface area contributed by atoms with Crippen molar-refractivity contribution in [2.45, 2.75) is 32.3 Å². The molecule has 6 nitrogen and oxygen atoms in total. The number of anilines is 1. The number of nitrogens with one attached hydrogen (secondary N) is 1. The summed E-state index contributed by atoms with van der Waals surface area (Å²) in [4.78, 5) is 21.2. The second-order valence-electron chi connectivity index (χ2n) is 6.20. The molecule has 0 unspecified atom stereocenters. The molecule has 0 saturated carbocycles. The lowest BCUT2D eigenvalue weighted by atomic mass is 9.92. The topological polar surface area (TPSA) is 82.0 Å². The Hall–Kier alpha value is -2.39. The van der Waals surface area contributed by atoms with Crippen molar-refractivity contribution in [2.24, 2.45) is 0 Å². The van der Waals surface area contributed by atoms with Crippen LogP contribution in [0.1, 0.15) is 35.1 Å². The molecule has 1 N–H and O–H groups in total. The summed E-state index contributed by atoms with van der Waals surface area (Å²) in [5, 5.41) is 10.3. The Morgan fingerprint density at radius 3 is 2.91 bits per heavy atom. The van der Waals surface area contributed by atoms with Crippen LogP contribution < -0.4 is 10.5 Å². The maximum Gasteiger partial charge on any atom is 0.268 e. The zero-order chi connectivity index (χ0) is 19.1. The Balaban J connectivity index is 2.00. The molecule has 3 heterocycles. The number of hydrogen-bond donors (Lipinski definition) is 1. The van der Waals surface area contributed by atoms with E-state index in [1.807, 2.05) is 24.0 Å². The van der Waals surface area contributed by atoms with Gasteiger partial charge < -0.3 is 14.6 Å². The molecule has 3 rings (SSSR count). The van der Waals surface area contributed by atoms with Crippen LogP contribution in [0, 0.1) is 18.3 Å². The van der Waals surface area contributed by atoms with Gasteiger partial charge >= 0.3 is 0 Å². The van der Waals surface area contributed by atoms with E-state index in [0.29, 0.717) is 37.1 Å². The van der Waals surface area contributed by atoms with Gasteiger partial charge in [0, 0.05) is 31.2 Å². The molecule has 2 aromatic heterocycles. The third-order valence-corrected chi connectivity index (χ3v) is 4.50. The summed E-state index contributed by atoms with van der Waals surface area (Å²) in [6, 6.07) is 3.85. The van der Waals surface area contributed by atoms with E-state index in [4.69, 9.17) is 8.85 Å². The van der Waals surface area contributed by atoms with E-state index in [1.54, 1.807) is 13.1 Å². The number of aromatic amines is 1. The van der Waals surface area contributed by atoms with Gasteiger partial charge in [0.1, 0.15) is 11.6 Å². The van der Waals surface area contributed by atoms with Crippen molar-refractivity contribution in [2.75, 3.05) is 25.0 Å². The highest BCUT2D eigenvalue weighted by molar-refractivity contribution is 5.94. The average molecular weight is 315 g/mol. The van der Waals surface area contributed by atoms with Crippen LogP contribution in [-0.4, -0.2) is 35.7 Å². The minimum Gasteiger partial charge on any atom is -0.378 e. The number of H-pyrrole nitrogens is 1. The van der Waals surface area contributed by atoms with Crippen molar-refractivity contribution in [3.8, 4) is 6.07 Å². The molecule has 1 aliphatic heterocycles. The lowest BCUT2D eigenvalue weighted by molar-refractivity contribution is -0.0132. The van der Waals surface area contributed by atoms with Crippen LogP contribution >= 0.6 is 0 Å². The first-order valence-electron chi connectivity index (χ1n) is 9.00. The van der Waals surface area contributed by atoms with Gasteiger partial charge in [0.2, 0.25) is 0 Å². The molecule has 1 saturated heterocycles. The smallest absolute Gasteiger partial charge is 0.268 e. The van der Waals surface area contributed by atoms with Gasteiger partial charge in [-0.15, -0.1) is 0 Å². The summed E-state index contributed by atoms with van der Waals surface area (Å²) in [6.45, 7) is 4.60. The fourth-order valence-electron chi connectivity index (χ4n) is 3.02. The highest BCUT2D eigenvalue weighted by Crippen LogP contribution is 2.33. The van der Waals surface area contributed by atoms with Gasteiger partial charge in [-0.05, 0) is 32.8 Å². The zero-order valence-electron chi connectivity index (χ0n) is 16.1. The van der Waals surface area contributed by atoms with Crippen LogP contribution in [0.4, 0.5) is 5.69 Å². The second kappa shape index (κ2) is 5.67. The molecule has 0 atom stereocenters. The Morgan fingerprint density at radius 2 is 2.26 bits per heavy atom. The van der Waals surface area contributed by atoms with Crippen molar-refractivity contribution in [1.82, 2.24) is 9.97 Å². The molecule has 1 aliphatic rings. The van der Waals surface area contributed by atoms with Crippen LogP contribution in [-0.2, 0) is 4.74 Å². The zero-order valence-corrected chi connectivity index (χ0v) is 13.1. The number of methoxy groups -OCH3 is 1. The van der Waals surface area contributed by atoms with Crippen LogP contribution in [0.2, 0.25) is 0 Å². The summed E-state index contributed by atoms with van der Waals surface area (Å²) in [5.41, 5.74) is 0.774. The Kier molecular flexibility index (Phi) is 2.98. The van der Waals surface area contributed by atoms with E-state index >= 15 is 0 Å². The van der Waals surface area contributed by atoms with E-state index in [9.17, 15) is 10.1 Å². The molecule has 2 aromatic rings. The number of piperidine rings is 1. The lowest BCUT2D eigenvalue weighted by Crippen LogP contribution is -2.44. The summed E-state index contributed by atoms with van der Waals surface area (Å²) >= 11 is 0. The largest absolute Gasteiger partial charge is 0.378 e. The molecule has 0 spiro atoms. The van der Waals surface area contributed by atoms with E-state index in [2.05, 4.69) is 9.97 Å². The predicted octanol–water partition coefficient (Wildman–Crippen LogP) is 2.11. The predicted molar refractivity (Wildman–Crippen MR) is 88.7 cm³/mol. The van der Waals surface area contributed by atoms with Crippen molar-refractivity contribution >= 4 is 16.6 Å². The normalized spacial score (nSPS) is 19.7. The molecule has 0 aromatic carbocycles. The number of pyridine rings is 2. The minimum absolute atomic E-state index is 0.0587. The number of rotatable bonds is 2. The molecule has 1 fully saturated rings. The summed E-state index contributed by atoms with van der Waals surface area (Å²) in [7, 11) is -2.45. The number of ether oxygens (including phenoxy) is 1. The molecule has 23 heavy (non-hydrogen) atoms. The molecule has 0 radical (unpaired) electrons. The standard InChI is InChI=1S/C17H20N4O2/c1-11-8-12-14(10-19-11)20-16(22)13(9-18)15(12)21-6-4-17(2,23-3)5-7-21/h8,10H,4-7H2,1-3H3,(H,20,22)/i3D3. The van der Waals surface area contributed by atoms with E-state index < -0.39 is 18.2 Å². The molecular weight excluding hydrogens is 292 g/mol. The minimum atomic E-state index is -2.45. The van der Waals surface area contributed by atoms with E-state index in [1.165, 1.54) is 0 Å². The van der Waals surface area contributed by atoms with Crippen LogP contribution in [0.15, 0.2) is 17.1 Å². The maximum atomic E-state index is 12.3. The van der Waals surface area contributed by atoms with Crippen LogP contribution in [0.25, 0.3) is 10.9 Å². The first-order valence-corrected chi connectivity index (χ1v) is 7.50. The monoisotopic (exact) mass is 315 g/mol. The van der Waals surface area contributed by atoms with Crippen LogP contribution in [0.3, 0.4) is 0 Å². The Bertz CT molecular complexity index is 938. The first-order chi connectivity index (χ1) is 12.1. The second-order valence-corrected chi connectivity index (χ2v) is 6.20. The summed E-state index contributed by atoms with van der Waals surface area (Å²) in [5.74, 6) is 0. The Labute approximate surface area is 138 Å². The number of nitrogens with zero attached hydrogens (tertiary/aromatic N) is 3. The fourth-order valence-corrected chi connectivity index (χ4v) is 3.02. The number of nitriles is 1. The number of aryl methyl sites for hydroxylation is 1. The van der Waals surface area contributed by atoms with Crippen molar-refractivity contribution < 1.29 is 8.85 Å². The molecule has 0 aliphatic carbocycles. The number of aromatic nitrogens is 2. The van der Waals surface area contributed by atoms with Crippen molar-refractivity contribution in [1.29, 1.82) is 5.26 Å². The average Bonchev–Trinajstić information content (AvgIpc) is 2.53. The van der Waals surface area contributed by atoms with Gasteiger partial charge in [0.25, 0.3) is 5.56 Å². The lowest BCUT2D eigenvalue weighted by Gasteiger charge is -2.40. The third-order valence-electron chi connectivity index (χ3n) is 4.50. The first kappa shape index (κ1) is 12.1. The summed E-state index contributed by atoms with van der Waals surface area (Å²) < 4.78 is 27.3. The molecule has 6 heteroatoms. The van der Waals surface area contributed by atoms with Gasteiger partial charge in [0.15, 0.2) is 0 Å². The quantitative estimate of drug-likeness (QED) is 0.918. The van der Waals surface area contributed by atoms with Crippen LogP contribution in [0.5, 0.6) is 0 Å². The van der Waals surface area contributed by atoms with Gasteiger partial charge in [0.05, 0.1) is 27.1 Å². The van der Waals surface area contributed by atoms with Gasteiger partial charge in [-0.25, -0.2) is 0 Å². The van der Waals surface area contributed by atoms with E-state index in [0.717, 1.165) is 11.1 Å². The van der Waals surface area contributed by atoms with Gasteiger partial charge in [-0.2, -0.15) is 5.26 Å². The van der Waals surface area contributed by atoms with Crippen molar-refractivity contribution in [3.63, 3.8) is 0 Å². The fraction of sp³-hybridized carbons (Fsp3) is 0.471. The highest BCUT2D eigenvalue weighted by Gasteiger charge is 2.31. The molecule has 0 amide bonds. The molecule has 0 bridgehead atoms. The number of fused-ring (bicyclic) bond motifs is 1. The van der Waals surface area contributed by atoms with Crippen molar-refractivity contribution in [3.05, 3.63) is 33.9 Å². The molecule has 120 valence electrons. The van der Waals surface area contributed by atoms with E-state index in [-0.39, 0.29) is 5.56 Å². The SMILES string of the molecule is [2H]C([2H])([2H])OC1(C)CCN(c2c(C#N)c(=O)[nH]c3cnc(C)cc23)CC1. The highest BCUT2D eigenvalue weighted by atomic mass is 16.5. The summed E-state index contributed by atoms with van der Waals surface area (Å²) in [6.07, 6.45) is 2.55. The Morgan fingerprint density at radius 1 is 1.52 bits per heavy atom. The van der Waals surface area contributed by atoms with Gasteiger partial charge in [-0.3, -0.25) is 9.78 Å². The number of hydrogen-bond acceptors (Lipinski definition) is 5. The molecular formula is C17H20N4O2. The maximum absolute atomic E-state index is 12.3. The third kappa shape index (κ3) is 2.68. The van der Waals surface area contributed by atoms with Gasteiger partial charge in [-0.1, -0.05) is 0 Å².